The van der Waals surface area contributed by atoms with Crippen LogP contribution in [0, 0.1) is 0 Å². The van der Waals surface area contributed by atoms with E-state index in [-0.39, 0.29) is 11.7 Å². The molecule has 5 aromatic carbocycles. The molecule has 0 radical (unpaired) electrons. The normalized spacial score (nSPS) is 12.0. The number of likely N-dealkylation sites (N-methyl/N-ethyl adjacent to an activating group) is 1. The summed E-state index contributed by atoms with van der Waals surface area (Å²) in [5, 5.41) is 0. The summed E-state index contributed by atoms with van der Waals surface area (Å²) in [6.45, 7) is 5.88. The molecule has 0 saturated heterocycles. The maximum atomic E-state index is 12.4. The first-order valence-electron chi connectivity index (χ1n) is 15.9. The van der Waals surface area contributed by atoms with Gasteiger partial charge in [0.15, 0.2) is 5.78 Å². The SMILES string of the molecule is CC/C(=C(\c1ccccc1)c1ccc(OCCN(C)C)cc1)c1ccccc1.CCC(C(=O)c1ccccc1)c1ccccc1. The highest BCUT2D eigenvalue weighted by atomic mass is 16.5. The molecule has 45 heavy (non-hydrogen) atoms. The molecule has 0 aromatic heterocycles. The smallest absolute Gasteiger partial charge is 0.170 e. The molecule has 230 valence electrons. The van der Waals surface area contributed by atoms with Gasteiger partial charge in [-0.3, -0.25) is 4.79 Å². The summed E-state index contributed by atoms with van der Waals surface area (Å²) in [4.78, 5) is 14.5. The van der Waals surface area contributed by atoms with E-state index in [1.165, 1.54) is 27.8 Å². The summed E-state index contributed by atoms with van der Waals surface area (Å²) >= 11 is 0. The molecule has 0 aliphatic carbocycles. The highest BCUT2D eigenvalue weighted by Crippen LogP contribution is 2.35. The Labute approximate surface area is 269 Å². The number of allylic oxidation sites excluding steroid dienone is 1. The van der Waals surface area contributed by atoms with E-state index in [2.05, 4.69) is 118 Å². The van der Waals surface area contributed by atoms with E-state index in [0.717, 1.165) is 36.3 Å². The Hall–Kier alpha value is -4.73. The Morgan fingerprint density at radius 2 is 1.07 bits per heavy atom. The first kappa shape index (κ1) is 33.2. The maximum absolute atomic E-state index is 12.4. The Balaban J connectivity index is 0.000000231. The van der Waals surface area contributed by atoms with Gasteiger partial charge in [0.25, 0.3) is 0 Å². The van der Waals surface area contributed by atoms with Gasteiger partial charge in [-0.2, -0.15) is 0 Å². The molecule has 0 amide bonds. The van der Waals surface area contributed by atoms with Gasteiger partial charge in [0.2, 0.25) is 0 Å². The van der Waals surface area contributed by atoms with E-state index in [4.69, 9.17) is 4.74 Å². The fourth-order valence-electron chi connectivity index (χ4n) is 5.41. The number of ketones is 1. The molecule has 1 unspecified atom stereocenters. The fraction of sp³-hybridized carbons (Fsp3) is 0.214. The molecule has 1 atom stereocenters. The molecular formula is C42H45NO2. The predicted molar refractivity (Wildman–Crippen MR) is 190 cm³/mol. The molecule has 0 fully saturated rings. The average molecular weight is 596 g/mol. The summed E-state index contributed by atoms with van der Waals surface area (Å²) < 4.78 is 5.87. The first-order chi connectivity index (χ1) is 22.0. The number of carbonyl (C=O) groups is 1. The van der Waals surface area contributed by atoms with Crippen molar-refractivity contribution in [2.75, 3.05) is 27.2 Å². The molecule has 3 nitrogen and oxygen atoms in total. The number of rotatable bonds is 12. The topological polar surface area (TPSA) is 29.5 Å². The average Bonchev–Trinajstić information content (AvgIpc) is 3.09. The minimum absolute atomic E-state index is 0.0291. The number of Topliss-reactive ketones (excluding diaryl/α,β-unsaturated/α-hetero) is 1. The third-order valence-corrected chi connectivity index (χ3v) is 7.78. The monoisotopic (exact) mass is 595 g/mol. The van der Waals surface area contributed by atoms with Crippen LogP contribution < -0.4 is 4.74 Å². The van der Waals surface area contributed by atoms with Crippen molar-refractivity contribution in [3.8, 4) is 5.75 Å². The number of hydrogen-bond acceptors (Lipinski definition) is 3. The van der Waals surface area contributed by atoms with E-state index in [1.54, 1.807) is 0 Å². The highest BCUT2D eigenvalue weighted by Gasteiger charge is 2.19. The third-order valence-electron chi connectivity index (χ3n) is 7.78. The minimum atomic E-state index is -0.0291. The van der Waals surface area contributed by atoms with Gasteiger partial charge in [0.05, 0.1) is 0 Å². The van der Waals surface area contributed by atoms with Crippen molar-refractivity contribution in [2.24, 2.45) is 0 Å². The molecule has 0 bridgehead atoms. The number of hydrogen-bond donors (Lipinski definition) is 0. The number of benzene rings is 5. The third kappa shape index (κ3) is 9.63. The lowest BCUT2D eigenvalue weighted by molar-refractivity contribution is 0.0957. The van der Waals surface area contributed by atoms with Crippen molar-refractivity contribution in [3.63, 3.8) is 0 Å². The van der Waals surface area contributed by atoms with Crippen molar-refractivity contribution < 1.29 is 9.53 Å². The van der Waals surface area contributed by atoms with Gasteiger partial charge >= 0.3 is 0 Å². The van der Waals surface area contributed by atoms with Crippen molar-refractivity contribution >= 4 is 16.9 Å². The van der Waals surface area contributed by atoms with Crippen LogP contribution in [0.15, 0.2) is 146 Å². The van der Waals surface area contributed by atoms with Crippen LogP contribution in [0.3, 0.4) is 0 Å². The molecule has 5 rings (SSSR count). The summed E-state index contributed by atoms with van der Waals surface area (Å²) in [5.41, 5.74) is 8.26. The van der Waals surface area contributed by atoms with E-state index in [1.807, 2.05) is 60.7 Å². The molecular weight excluding hydrogens is 550 g/mol. The van der Waals surface area contributed by atoms with Crippen LogP contribution in [0.1, 0.15) is 65.2 Å². The van der Waals surface area contributed by atoms with Gasteiger partial charge in [-0.15, -0.1) is 0 Å². The van der Waals surface area contributed by atoms with Crippen molar-refractivity contribution in [2.45, 2.75) is 32.6 Å². The largest absolute Gasteiger partial charge is 0.492 e. The summed E-state index contributed by atoms with van der Waals surface area (Å²) in [6, 6.07) is 49.3. The van der Waals surface area contributed by atoms with Crippen LogP contribution in [-0.4, -0.2) is 37.9 Å². The fourth-order valence-corrected chi connectivity index (χ4v) is 5.41. The van der Waals surface area contributed by atoms with Crippen LogP contribution in [0.2, 0.25) is 0 Å². The lowest BCUT2D eigenvalue weighted by Crippen LogP contribution is -2.19. The molecule has 0 aliphatic heterocycles. The van der Waals surface area contributed by atoms with Crippen molar-refractivity contribution in [1.82, 2.24) is 4.90 Å². The first-order valence-corrected chi connectivity index (χ1v) is 15.9. The molecule has 3 heteroatoms. The Bertz CT molecular complexity index is 1590. The van der Waals surface area contributed by atoms with Crippen LogP contribution in [-0.2, 0) is 0 Å². The standard InChI is InChI=1S/C26H29NO.C16H16O/c1-4-25(21-11-7-5-8-12-21)26(22-13-9-6-10-14-22)23-15-17-24(18-16-23)28-20-19-27(2)3;1-2-15(13-9-5-3-6-10-13)16(17)14-11-7-4-8-12-14/h5-18H,4,19-20H2,1-3H3;3-12,15H,2H2,1H3/b26-25-;. The summed E-state index contributed by atoms with van der Waals surface area (Å²) in [7, 11) is 4.11. The zero-order valence-electron chi connectivity index (χ0n) is 27.0. The Kier molecular flexibility index (Phi) is 12.9. The zero-order chi connectivity index (χ0) is 31.9. The van der Waals surface area contributed by atoms with Crippen LogP contribution in [0.25, 0.3) is 11.1 Å². The quantitative estimate of drug-likeness (QED) is 0.106. The molecule has 0 N–H and O–H groups in total. The highest BCUT2D eigenvalue weighted by molar-refractivity contribution is 6.01. The van der Waals surface area contributed by atoms with E-state index in [0.29, 0.717) is 6.61 Å². The van der Waals surface area contributed by atoms with Gasteiger partial charge in [0.1, 0.15) is 12.4 Å². The number of nitrogens with zero attached hydrogens (tertiary/aromatic N) is 1. The van der Waals surface area contributed by atoms with Crippen LogP contribution >= 0.6 is 0 Å². The Morgan fingerprint density at radius 3 is 1.56 bits per heavy atom. The molecule has 0 spiro atoms. The van der Waals surface area contributed by atoms with Crippen LogP contribution in [0.5, 0.6) is 5.75 Å². The van der Waals surface area contributed by atoms with E-state index in [9.17, 15) is 4.79 Å². The van der Waals surface area contributed by atoms with Crippen LogP contribution in [0.4, 0.5) is 0 Å². The second kappa shape index (κ2) is 17.5. The van der Waals surface area contributed by atoms with Gasteiger partial charge in [-0.25, -0.2) is 0 Å². The van der Waals surface area contributed by atoms with Gasteiger partial charge in [-0.1, -0.05) is 147 Å². The molecule has 0 saturated carbocycles. The summed E-state index contributed by atoms with van der Waals surface area (Å²) in [6.07, 6.45) is 1.80. The van der Waals surface area contributed by atoms with Crippen molar-refractivity contribution in [3.05, 3.63) is 173 Å². The zero-order valence-corrected chi connectivity index (χ0v) is 27.0. The number of ether oxygens (including phenoxy) is 1. The second-order valence-corrected chi connectivity index (χ2v) is 11.2. The minimum Gasteiger partial charge on any atom is -0.492 e. The predicted octanol–water partition coefficient (Wildman–Crippen LogP) is 10.1. The van der Waals surface area contributed by atoms with Gasteiger partial charge in [-0.05, 0) is 72.5 Å². The Morgan fingerprint density at radius 1 is 0.600 bits per heavy atom. The number of carbonyl (C=O) groups excluding carboxylic acids is 1. The second-order valence-electron chi connectivity index (χ2n) is 11.2. The lowest BCUT2D eigenvalue weighted by Gasteiger charge is -2.17. The lowest BCUT2D eigenvalue weighted by atomic mass is 9.88. The molecule has 5 aromatic rings. The van der Waals surface area contributed by atoms with Gasteiger partial charge < -0.3 is 9.64 Å². The maximum Gasteiger partial charge on any atom is 0.170 e. The summed E-state index contributed by atoms with van der Waals surface area (Å²) in [5.74, 6) is 1.09. The molecule has 0 heterocycles. The van der Waals surface area contributed by atoms with E-state index < -0.39 is 0 Å². The van der Waals surface area contributed by atoms with Gasteiger partial charge in [0, 0.05) is 18.0 Å². The van der Waals surface area contributed by atoms with Crippen molar-refractivity contribution in [1.29, 1.82) is 0 Å². The molecule has 0 aliphatic rings. The van der Waals surface area contributed by atoms with E-state index >= 15 is 0 Å².